The minimum Gasteiger partial charge on any atom is -0.379 e. The molecule has 8 heteroatoms. The molecule has 0 unspecified atom stereocenters. The molecule has 0 bridgehead atoms. The first-order valence-electron chi connectivity index (χ1n) is 5.46. The lowest BCUT2D eigenvalue weighted by Gasteiger charge is -2.26. The molecule has 98 valence electrons. The average molecular weight is 272 g/mol. The lowest BCUT2D eigenvalue weighted by Crippen LogP contribution is -2.48. The van der Waals surface area contributed by atoms with E-state index in [1.54, 1.807) is 5.01 Å². The van der Waals surface area contributed by atoms with E-state index in [0.29, 0.717) is 42.7 Å². The van der Waals surface area contributed by atoms with Gasteiger partial charge < -0.3 is 10.2 Å². The number of morpholine rings is 1. The molecule has 1 amide bonds. The number of nitrogen functional groups attached to an aromatic ring is 1. The van der Waals surface area contributed by atoms with E-state index in [1.807, 2.05) is 0 Å². The molecule has 0 aromatic carbocycles. The Bertz CT molecular complexity index is 436. The third-order valence-corrected chi connectivity index (χ3v) is 2.80. The molecule has 0 spiro atoms. The molecule has 0 aliphatic carbocycles. The molecular formula is C10H14ClN5O2. The Labute approximate surface area is 109 Å². The van der Waals surface area contributed by atoms with E-state index in [1.165, 1.54) is 12.3 Å². The van der Waals surface area contributed by atoms with Crippen LogP contribution in [0.5, 0.6) is 0 Å². The van der Waals surface area contributed by atoms with Crippen LogP contribution in [0.1, 0.15) is 10.4 Å². The van der Waals surface area contributed by atoms with Crippen LogP contribution in [0.15, 0.2) is 12.3 Å². The van der Waals surface area contributed by atoms with E-state index in [2.05, 4.69) is 15.8 Å². The highest BCUT2D eigenvalue weighted by Gasteiger charge is 2.15. The summed E-state index contributed by atoms with van der Waals surface area (Å²) in [4.78, 5) is 15.9. The van der Waals surface area contributed by atoms with Crippen LogP contribution in [0.2, 0.25) is 5.02 Å². The van der Waals surface area contributed by atoms with Crippen molar-refractivity contribution in [1.29, 1.82) is 0 Å². The van der Waals surface area contributed by atoms with Gasteiger partial charge in [-0.05, 0) is 6.07 Å². The first-order chi connectivity index (χ1) is 8.70. The second kappa shape index (κ2) is 5.96. The number of nitrogens with zero attached hydrogens (tertiary/aromatic N) is 2. The highest BCUT2D eigenvalue weighted by atomic mass is 35.5. The van der Waals surface area contributed by atoms with E-state index >= 15 is 0 Å². The molecule has 1 saturated heterocycles. The smallest absolute Gasteiger partial charge is 0.267 e. The van der Waals surface area contributed by atoms with Gasteiger partial charge in [0.1, 0.15) is 0 Å². The van der Waals surface area contributed by atoms with Crippen molar-refractivity contribution in [3.63, 3.8) is 0 Å². The van der Waals surface area contributed by atoms with E-state index in [0.717, 1.165) is 0 Å². The van der Waals surface area contributed by atoms with E-state index in [-0.39, 0.29) is 5.91 Å². The van der Waals surface area contributed by atoms with Crippen LogP contribution in [0.3, 0.4) is 0 Å². The Morgan fingerprint density at radius 3 is 2.83 bits per heavy atom. The number of rotatable bonds is 3. The number of pyridine rings is 1. The molecule has 4 N–H and O–H groups in total. The Balaban J connectivity index is 2.01. The van der Waals surface area contributed by atoms with Crippen LogP contribution < -0.4 is 16.7 Å². The molecule has 2 heterocycles. The van der Waals surface area contributed by atoms with Gasteiger partial charge in [0, 0.05) is 19.3 Å². The van der Waals surface area contributed by atoms with Crippen molar-refractivity contribution in [3.05, 3.63) is 22.8 Å². The Morgan fingerprint density at radius 1 is 1.50 bits per heavy atom. The maximum atomic E-state index is 11.9. The van der Waals surface area contributed by atoms with Crippen LogP contribution in [0, 0.1) is 0 Å². The number of carbonyl (C=O) groups excluding carboxylic acids is 1. The number of halogens is 1. The summed E-state index contributed by atoms with van der Waals surface area (Å²) in [6.45, 7) is 2.54. The Kier molecular flexibility index (Phi) is 4.32. The summed E-state index contributed by atoms with van der Waals surface area (Å²) in [6.07, 6.45) is 1.41. The number of anilines is 1. The maximum Gasteiger partial charge on any atom is 0.267 e. The number of ether oxygens (including phenoxy) is 1. The van der Waals surface area contributed by atoms with Crippen molar-refractivity contribution in [1.82, 2.24) is 15.4 Å². The quantitative estimate of drug-likeness (QED) is 0.529. The summed E-state index contributed by atoms with van der Waals surface area (Å²) >= 11 is 5.90. The van der Waals surface area contributed by atoms with Gasteiger partial charge in [-0.15, -0.1) is 0 Å². The highest BCUT2D eigenvalue weighted by Crippen LogP contribution is 2.18. The van der Waals surface area contributed by atoms with Crippen molar-refractivity contribution in [3.8, 4) is 0 Å². The third-order valence-electron chi connectivity index (χ3n) is 2.51. The van der Waals surface area contributed by atoms with Gasteiger partial charge in [0.05, 0.1) is 23.8 Å². The molecule has 0 radical (unpaired) electrons. The second-order valence-electron chi connectivity index (χ2n) is 3.74. The fourth-order valence-corrected chi connectivity index (χ4v) is 1.77. The largest absolute Gasteiger partial charge is 0.379 e. The molecule has 1 aromatic heterocycles. The van der Waals surface area contributed by atoms with E-state index in [9.17, 15) is 4.79 Å². The van der Waals surface area contributed by atoms with Gasteiger partial charge in [-0.1, -0.05) is 11.6 Å². The molecule has 1 aromatic rings. The van der Waals surface area contributed by atoms with Crippen LogP contribution in [-0.4, -0.2) is 42.2 Å². The number of hydrogen-bond acceptors (Lipinski definition) is 6. The average Bonchev–Trinajstić information content (AvgIpc) is 2.39. The number of aromatic nitrogens is 1. The first kappa shape index (κ1) is 13.0. The third kappa shape index (κ3) is 3.08. The number of amides is 1. The standard InChI is InChI=1S/C10H14ClN5O2/c11-8-5-7(6-13-9(8)14-12)10(17)15-16-1-3-18-4-2-16/h5-6H,1-4,12H2,(H,13,14)(H,15,17). The summed E-state index contributed by atoms with van der Waals surface area (Å²) in [5.74, 6) is 5.28. The van der Waals surface area contributed by atoms with Crippen LogP contribution >= 0.6 is 11.6 Å². The van der Waals surface area contributed by atoms with Crippen molar-refractivity contribution in [2.45, 2.75) is 0 Å². The number of hydrazine groups is 2. The summed E-state index contributed by atoms with van der Waals surface area (Å²) in [5.41, 5.74) is 5.49. The van der Waals surface area contributed by atoms with Crippen molar-refractivity contribution in [2.75, 3.05) is 31.7 Å². The molecule has 0 saturated carbocycles. The fraction of sp³-hybridized carbons (Fsp3) is 0.400. The lowest BCUT2D eigenvalue weighted by molar-refractivity contribution is 0.0126. The van der Waals surface area contributed by atoms with Crippen molar-refractivity contribution < 1.29 is 9.53 Å². The lowest BCUT2D eigenvalue weighted by atomic mass is 10.2. The summed E-state index contributed by atoms with van der Waals surface area (Å²) in [6, 6.07) is 1.51. The van der Waals surface area contributed by atoms with Crippen molar-refractivity contribution in [2.24, 2.45) is 5.84 Å². The molecule has 1 fully saturated rings. The molecule has 2 rings (SSSR count). The minimum atomic E-state index is -0.255. The van der Waals surface area contributed by atoms with Gasteiger partial charge in [0.25, 0.3) is 5.91 Å². The molecular weight excluding hydrogens is 258 g/mol. The summed E-state index contributed by atoms with van der Waals surface area (Å²) < 4.78 is 5.19. The first-order valence-corrected chi connectivity index (χ1v) is 5.84. The monoisotopic (exact) mass is 271 g/mol. The highest BCUT2D eigenvalue weighted by molar-refractivity contribution is 6.33. The van der Waals surface area contributed by atoms with Crippen LogP contribution in [-0.2, 0) is 4.74 Å². The van der Waals surface area contributed by atoms with E-state index in [4.69, 9.17) is 22.2 Å². The van der Waals surface area contributed by atoms with Gasteiger partial charge in [-0.25, -0.2) is 15.8 Å². The Morgan fingerprint density at radius 2 is 2.22 bits per heavy atom. The number of carbonyl (C=O) groups is 1. The molecule has 18 heavy (non-hydrogen) atoms. The maximum absolute atomic E-state index is 11.9. The zero-order chi connectivity index (χ0) is 13.0. The fourth-order valence-electron chi connectivity index (χ4n) is 1.55. The van der Waals surface area contributed by atoms with Gasteiger partial charge in [0.2, 0.25) is 0 Å². The zero-order valence-corrected chi connectivity index (χ0v) is 10.4. The summed E-state index contributed by atoms with van der Waals surface area (Å²) in [5, 5.41) is 2.10. The van der Waals surface area contributed by atoms with Gasteiger partial charge >= 0.3 is 0 Å². The van der Waals surface area contributed by atoms with Gasteiger partial charge in [-0.2, -0.15) is 0 Å². The predicted molar refractivity (Wildman–Crippen MR) is 66.9 cm³/mol. The minimum absolute atomic E-state index is 0.255. The number of nitrogens with two attached hydrogens (primary N) is 1. The zero-order valence-electron chi connectivity index (χ0n) is 9.65. The van der Waals surface area contributed by atoms with Crippen LogP contribution in [0.25, 0.3) is 0 Å². The van der Waals surface area contributed by atoms with Crippen molar-refractivity contribution >= 4 is 23.3 Å². The van der Waals surface area contributed by atoms with Crippen LogP contribution in [0.4, 0.5) is 5.82 Å². The van der Waals surface area contributed by atoms with Gasteiger partial charge in [0.15, 0.2) is 5.82 Å². The molecule has 7 nitrogen and oxygen atoms in total. The second-order valence-corrected chi connectivity index (χ2v) is 4.15. The molecule has 0 atom stereocenters. The molecule has 1 aliphatic rings. The normalized spacial score (nSPS) is 16.3. The Hall–Kier alpha value is -1.41. The molecule has 1 aliphatic heterocycles. The predicted octanol–water partition coefficient (Wildman–Crippen LogP) is -0.00240. The number of nitrogens with one attached hydrogen (secondary N) is 2. The van der Waals surface area contributed by atoms with E-state index < -0.39 is 0 Å². The van der Waals surface area contributed by atoms with Gasteiger partial charge in [-0.3, -0.25) is 10.2 Å². The topological polar surface area (TPSA) is 92.5 Å². The number of hydrogen-bond donors (Lipinski definition) is 3. The SMILES string of the molecule is NNc1ncc(C(=O)NN2CCOCC2)cc1Cl. The summed E-state index contributed by atoms with van der Waals surface area (Å²) in [7, 11) is 0.